The molecule has 0 spiro atoms. The van der Waals surface area contributed by atoms with Crippen LogP contribution in [-0.4, -0.2) is 29.9 Å². The van der Waals surface area contributed by atoms with E-state index in [0.717, 1.165) is 50.7 Å². The number of piperidine rings is 1. The Balaban J connectivity index is 1.68. The highest BCUT2D eigenvalue weighted by Crippen LogP contribution is 2.27. The van der Waals surface area contributed by atoms with E-state index in [1.165, 1.54) is 12.8 Å². The van der Waals surface area contributed by atoms with Crippen LogP contribution < -0.4 is 5.32 Å². The molecule has 0 radical (unpaired) electrons. The van der Waals surface area contributed by atoms with Crippen molar-refractivity contribution in [2.24, 2.45) is 0 Å². The van der Waals surface area contributed by atoms with Crippen LogP contribution in [0.5, 0.6) is 0 Å². The van der Waals surface area contributed by atoms with Crippen molar-refractivity contribution in [1.82, 2.24) is 15.5 Å². The fraction of sp³-hybridized carbons (Fsp3) is 0.833. The lowest BCUT2D eigenvalue weighted by Crippen LogP contribution is -2.27. The van der Waals surface area contributed by atoms with Crippen LogP contribution in [0.15, 0.2) is 4.52 Å². The average Bonchev–Trinajstić information content (AvgIpc) is 2.90. The highest BCUT2D eigenvalue weighted by atomic mass is 16.5. The summed E-state index contributed by atoms with van der Waals surface area (Å²) in [5.74, 6) is 2.06. The zero-order valence-corrected chi connectivity index (χ0v) is 10.0. The second-order valence-electron chi connectivity index (χ2n) is 4.88. The Kier molecular flexibility index (Phi) is 3.38. The topological polar surface area (TPSA) is 60.2 Å². The Morgan fingerprint density at radius 3 is 2.76 bits per heavy atom. The molecule has 0 amide bonds. The van der Waals surface area contributed by atoms with Crippen LogP contribution in [0.1, 0.15) is 55.8 Å². The van der Waals surface area contributed by atoms with E-state index in [4.69, 9.17) is 9.26 Å². The van der Waals surface area contributed by atoms with Gasteiger partial charge in [0.25, 0.3) is 0 Å². The molecule has 94 valence electrons. The monoisotopic (exact) mass is 237 g/mol. The summed E-state index contributed by atoms with van der Waals surface area (Å²) in [6.07, 6.45) is 5.62. The fourth-order valence-corrected chi connectivity index (χ4v) is 2.57. The lowest BCUT2D eigenvalue weighted by atomic mass is 10.00. The third-order valence-corrected chi connectivity index (χ3v) is 3.65. The molecule has 5 nitrogen and oxygen atoms in total. The van der Waals surface area contributed by atoms with Gasteiger partial charge in [-0.2, -0.15) is 4.98 Å². The molecule has 2 saturated heterocycles. The summed E-state index contributed by atoms with van der Waals surface area (Å²) in [6.45, 7) is 2.69. The van der Waals surface area contributed by atoms with E-state index in [9.17, 15) is 0 Å². The molecule has 1 aromatic rings. The number of hydrogen-bond acceptors (Lipinski definition) is 5. The molecule has 1 aromatic heterocycles. The van der Waals surface area contributed by atoms with E-state index >= 15 is 0 Å². The van der Waals surface area contributed by atoms with E-state index in [1.807, 2.05) is 0 Å². The molecule has 0 unspecified atom stereocenters. The first-order chi connectivity index (χ1) is 8.43. The number of rotatable bonds is 2. The van der Waals surface area contributed by atoms with Crippen molar-refractivity contribution in [3.8, 4) is 0 Å². The summed E-state index contributed by atoms with van der Waals surface area (Å²) in [5, 5.41) is 7.56. The van der Waals surface area contributed by atoms with Gasteiger partial charge in [0.1, 0.15) is 0 Å². The van der Waals surface area contributed by atoms with Crippen LogP contribution in [0, 0.1) is 0 Å². The number of hydrogen-bond donors (Lipinski definition) is 1. The fourth-order valence-electron chi connectivity index (χ4n) is 2.57. The van der Waals surface area contributed by atoms with Crippen LogP contribution in [-0.2, 0) is 4.74 Å². The van der Waals surface area contributed by atoms with Gasteiger partial charge in [0.2, 0.25) is 5.89 Å². The summed E-state index contributed by atoms with van der Waals surface area (Å²) in [4.78, 5) is 4.56. The van der Waals surface area contributed by atoms with Gasteiger partial charge in [-0.3, -0.25) is 0 Å². The Labute approximate surface area is 101 Å². The van der Waals surface area contributed by atoms with Crippen molar-refractivity contribution in [2.75, 3.05) is 19.8 Å². The SMILES string of the molecule is C1CC[C@H](c2nc(C3CCOCC3)no2)NC1. The number of ether oxygens (including phenoxy) is 1. The summed E-state index contributed by atoms with van der Waals surface area (Å²) in [5.41, 5.74) is 0. The molecule has 0 aromatic carbocycles. The summed E-state index contributed by atoms with van der Waals surface area (Å²) in [6, 6.07) is 0.268. The van der Waals surface area contributed by atoms with Gasteiger partial charge in [0, 0.05) is 19.1 Å². The second kappa shape index (κ2) is 5.14. The summed E-state index contributed by atoms with van der Waals surface area (Å²) < 4.78 is 10.7. The largest absolute Gasteiger partial charge is 0.381 e. The van der Waals surface area contributed by atoms with Gasteiger partial charge in [-0.15, -0.1) is 0 Å². The van der Waals surface area contributed by atoms with Gasteiger partial charge < -0.3 is 14.6 Å². The molecular weight excluding hydrogens is 218 g/mol. The molecule has 3 heterocycles. The molecule has 5 heteroatoms. The summed E-state index contributed by atoms with van der Waals surface area (Å²) >= 11 is 0. The third kappa shape index (κ3) is 2.50. The molecule has 3 rings (SSSR count). The van der Waals surface area contributed by atoms with Crippen molar-refractivity contribution < 1.29 is 9.26 Å². The smallest absolute Gasteiger partial charge is 0.243 e. The van der Waals surface area contributed by atoms with Crippen LogP contribution in [0.2, 0.25) is 0 Å². The van der Waals surface area contributed by atoms with Gasteiger partial charge in [-0.05, 0) is 32.2 Å². The van der Waals surface area contributed by atoms with Crippen LogP contribution >= 0.6 is 0 Å². The van der Waals surface area contributed by atoms with Crippen LogP contribution in [0.3, 0.4) is 0 Å². The van der Waals surface area contributed by atoms with Crippen molar-refractivity contribution in [3.63, 3.8) is 0 Å². The molecule has 0 bridgehead atoms. The Hall–Kier alpha value is -0.940. The van der Waals surface area contributed by atoms with Gasteiger partial charge in [0.05, 0.1) is 6.04 Å². The quantitative estimate of drug-likeness (QED) is 0.849. The minimum atomic E-state index is 0.268. The number of nitrogens with zero attached hydrogens (tertiary/aromatic N) is 2. The van der Waals surface area contributed by atoms with Crippen molar-refractivity contribution in [1.29, 1.82) is 0 Å². The predicted molar refractivity (Wildman–Crippen MR) is 61.7 cm³/mol. The van der Waals surface area contributed by atoms with Gasteiger partial charge in [-0.1, -0.05) is 11.6 Å². The Morgan fingerprint density at radius 1 is 1.12 bits per heavy atom. The van der Waals surface area contributed by atoms with Gasteiger partial charge in [0.15, 0.2) is 5.82 Å². The van der Waals surface area contributed by atoms with Crippen molar-refractivity contribution in [3.05, 3.63) is 11.7 Å². The molecule has 2 aliphatic heterocycles. The number of aromatic nitrogens is 2. The average molecular weight is 237 g/mol. The Morgan fingerprint density at radius 2 is 2.00 bits per heavy atom. The van der Waals surface area contributed by atoms with Crippen LogP contribution in [0.25, 0.3) is 0 Å². The minimum absolute atomic E-state index is 0.268. The van der Waals surface area contributed by atoms with Gasteiger partial charge >= 0.3 is 0 Å². The first-order valence-electron chi connectivity index (χ1n) is 6.58. The van der Waals surface area contributed by atoms with E-state index in [1.54, 1.807) is 0 Å². The normalized spacial score (nSPS) is 27.2. The standard InChI is InChI=1S/C12H19N3O2/c1-2-6-13-10(3-1)12-14-11(15-17-12)9-4-7-16-8-5-9/h9-10,13H,1-8H2/t10-/m1/s1. The first kappa shape index (κ1) is 11.2. The molecule has 0 aliphatic carbocycles. The maximum Gasteiger partial charge on any atom is 0.243 e. The molecule has 0 saturated carbocycles. The zero-order chi connectivity index (χ0) is 11.5. The molecule has 17 heavy (non-hydrogen) atoms. The molecule has 2 fully saturated rings. The molecule has 1 N–H and O–H groups in total. The van der Waals surface area contributed by atoms with Crippen molar-refractivity contribution in [2.45, 2.75) is 44.1 Å². The highest BCUT2D eigenvalue weighted by Gasteiger charge is 2.25. The molecular formula is C12H19N3O2. The van der Waals surface area contributed by atoms with E-state index in [-0.39, 0.29) is 6.04 Å². The lowest BCUT2D eigenvalue weighted by molar-refractivity contribution is 0.0830. The van der Waals surface area contributed by atoms with Crippen molar-refractivity contribution >= 4 is 0 Å². The Bertz CT molecular complexity index is 322. The molecule has 2 aliphatic rings. The third-order valence-electron chi connectivity index (χ3n) is 3.65. The van der Waals surface area contributed by atoms with E-state index in [2.05, 4.69) is 15.5 Å². The maximum absolute atomic E-state index is 5.39. The second-order valence-corrected chi connectivity index (χ2v) is 4.88. The maximum atomic E-state index is 5.39. The first-order valence-corrected chi connectivity index (χ1v) is 6.58. The summed E-state index contributed by atoms with van der Waals surface area (Å²) in [7, 11) is 0. The highest BCUT2D eigenvalue weighted by molar-refractivity contribution is 5.00. The number of nitrogens with one attached hydrogen (secondary N) is 1. The van der Waals surface area contributed by atoms with Gasteiger partial charge in [-0.25, -0.2) is 0 Å². The van der Waals surface area contributed by atoms with E-state index in [0.29, 0.717) is 5.92 Å². The molecule has 1 atom stereocenters. The van der Waals surface area contributed by atoms with E-state index < -0.39 is 0 Å². The predicted octanol–water partition coefficient (Wildman–Crippen LogP) is 1.78. The zero-order valence-electron chi connectivity index (χ0n) is 10.0. The minimum Gasteiger partial charge on any atom is -0.381 e. The lowest BCUT2D eigenvalue weighted by Gasteiger charge is -2.20. The van der Waals surface area contributed by atoms with Crippen LogP contribution in [0.4, 0.5) is 0 Å².